The summed E-state index contributed by atoms with van der Waals surface area (Å²) in [5, 5.41) is 89.0. The number of fused-ring (bicyclic) bond motifs is 1. The van der Waals surface area contributed by atoms with Gasteiger partial charge >= 0.3 is 0 Å². The summed E-state index contributed by atoms with van der Waals surface area (Å²) in [4.78, 5) is 27.4. The van der Waals surface area contributed by atoms with Crippen LogP contribution in [0.2, 0.25) is 0 Å². The van der Waals surface area contributed by atoms with Gasteiger partial charge in [0.25, 0.3) is 0 Å². The van der Waals surface area contributed by atoms with Crippen molar-refractivity contribution in [2.45, 2.75) is 24.6 Å². The summed E-state index contributed by atoms with van der Waals surface area (Å²) in [6.07, 6.45) is -6.32. The number of aromatic hydroxyl groups is 6. The lowest BCUT2D eigenvalue weighted by atomic mass is 9.97. The number of hydrogen-bond donors (Lipinski definition) is 9. The standard InChI is InChI=1S/C27H22O14/c28-8-18-22(36)24(38)27(40-18)41-26-23(37)19-12(20(34)10-4-15(32)21(35)16(33)5-10)6-11(29)7-17(19)39-25(26)9-1-2-13(30)14(31)3-9/h1-7,18,22,24,27-33,35-36,38H,8H2. The molecule has 2 heterocycles. The molecular formula is C27H22O14. The lowest BCUT2D eigenvalue weighted by Crippen LogP contribution is -2.36. The van der Waals surface area contributed by atoms with E-state index in [4.69, 9.17) is 13.9 Å². The van der Waals surface area contributed by atoms with E-state index in [2.05, 4.69) is 0 Å². The maximum atomic E-state index is 13.9. The molecule has 9 N–H and O–H groups in total. The highest BCUT2D eigenvalue weighted by atomic mass is 16.7. The van der Waals surface area contributed by atoms with Gasteiger partial charge < -0.3 is 59.8 Å². The van der Waals surface area contributed by atoms with Crippen molar-refractivity contribution >= 4 is 16.8 Å². The fraction of sp³-hybridized carbons (Fsp3) is 0.185. The van der Waals surface area contributed by atoms with E-state index < -0.39 is 99.4 Å². The predicted octanol–water partition coefficient (Wildman–Crippen LogP) is 0.742. The first-order valence-corrected chi connectivity index (χ1v) is 11.9. The van der Waals surface area contributed by atoms with Gasteiger partial charge in [-0.3, -0.25) is 9.59 Å². The van der Waals surface area contributed by atoms with E-state index >= 15 is 0 Å². The average Bonchev–Trinajstić information content (AvgIpc) is 3.21. The zero-order chi connectivity index (χ0) is 29.7. The van der Waals surface area contributed by atoms with Gasteiger partial charge in [-0.05, 0) is 36.4 Å². The number of carbonyl (C=O) groups excluding carboxylic acids is 1. The number of ketones is 1. The van der Waals surface area contributed by atoms with Crippen LogP contribution in [0.1, 0.15) is 15.9 Å². The Kier molecular flexibility index (Phi) is 6.84. The number of benzene rings is 3. The van der Waals surface area contributed by atoms with Gasteiger partial charge in [-0.25, -0.2) is 0 Å². The summed E-state index contributed by atoms with van der Waals surface area (Å²) in [7, 11) is 0. The first kappa shape index (κ1) is 27.5. The fourth-order valence-electron chi connectivity index (χ4n) is 4.40. The number of hydrogen-bond acceptors (Lipinski definition) is 14. The Hall–Kier alpha value is -5.02. The number of phenolic OH excluding ortho intramolecular Hbond substituents is 6. The van der Waals surface area contributed by atoms with E-state index in [0.717, 1.165) is 36.4 Å². The third-order valence-corrected chi connectivity index (χ3v) is 6.49. The molecule has 0 aliphatic carbocycles. The molecule has 214 valence electrons. The first-order valence-electron chi connectivity index (χ1n) is 11.9. The van der Waals surface area contributed by atoms with Crippen LogP contribution in [0.5, 0.6) is 40.2 Å². The molecule has 0 saturated carbocycles. The minimum absolute atomic E-state index is 0.0364. The summed E-state index contributed by atoms with van der Waals surface area (Å²) < 4.78 is 16.8. The molecule has 4 aromatic rings. The van der Waals surface area contributed by atoms with Crippen LogP contribution in [0.4, 0.5) is 0 Å². The average molecular weight is 570 g/mol. The molecule has 14 nitrogen and oxygen atoms in total. The van der Waals surface area contributed by atoms with Gasteiger partial charge in [0, 0.05) is 22.8 Å². The van der Waals surface area contributed by atoms with E-state index in [-0.39, 0.29) is 16.7 Å². The van der Waals surface area contributed by atoms with E-state index in [1.165, 1.54) is 6.07 Å². The maximum absolute atomic E-state index is 13.9. The van der Waals surface area contributed by atoms with Crippen LogP contribution in [-0.2, 0) is 4.74 Å². The highest BCUT2D eigenvalue weighted by molar-refractivity contribution is 6.16. The molecule has 0 amide bonds. The lowest BCUT2D eigenvalue weighted by molar-refractivity contribution is -0.117. The summed E-state index contributed by atoms with van der Waals surface area (Å²) >= 11 is 0. The molecule has 0 radical (unpaired) electrons. The zero-order valence-corrected chi connectivity index (χ0v) is 20.6. The van der Waals surface area contributed by atoms with Crippen LogP contribution in [0.15, 0.2) is 51.7 Å². The zero-order valence-electron chi connectivity index (χ0n) is 20.6. The van der Waals surface area contributed by atoms with Crippen molar-refractivity contribution in [3.8, 4) is 51.6 Å². The Morgan fingerprint density at radius 2 is 1.54 bits per heavy atom. The Balaban J connectivity index is 1.76. The summed E-state index contributed by atoms with van der Waals surface area (Å²) in [6.45, 7) is -0.701. The van der Waals surface area contributed by atoms with E-state index in [1.54, 1.807) is 0 Å². The molecule has 3 aromatic carbocycles. The molecule has 5 rings (SSSR count). The van der Waals surface area contributed by atoms with Crippen LogP contribution < -0.4 is 10.2 Å². The molecule has 41 heavy (non-hydrogen) atoms. The number of phenols is 6. The summed E-state index contributed by atoms with van der Waals surface area (Å²) in [6, 6.07) is 6.87. The molecule has 1 aliphatic rings. The number of ether oxygens (including phenoxy) is 2. The molecule has 1 aliphatic heterocycles. The fourth-order valence-corrected chi connectivity index (χ4v) is 4.40. The number of aliphatic hydroxyl groups is 3. The van der Waals surface area contributed by atoms with Crippen LogP contribution in [0.3, 0.4) is 0 Å². The Morgan fingerprint density at radius 1 is 0.854 bits per heavy atom. The molecule has 1 fully saturated rings. The molecule has 0 bridgehead atoms. The van der Waals surface area contributed by atoms with Crippen molar-refractivity contribution in [3.05, 3.63) is 63.8 Å². The van der Waals surface area contributed by atoms with Crippen LogP contribution in [0.25, 0.3) is 22.3 Å². The van der Waals surface area contributed by atoms with Gasteiger partial charge in [-0.15, -0.1) is 0 Å². The molecular weight excluding hydrogens is 548 g/mol. The number of rotatable bonds is 6. The predicted molar refractivity (Wildman–Crippen MR) is 136 cm³/mol. The molecule has 1 aromatic heterocycles. The molecule has 14 heteroatoms. The van der Waals surface area contributed by atoms with Gasteiger partial charge in [0.15, 0.2) is 40.3 Å². The maximum Gasteiger partial charge on any atom is 0.236 e. The van der Waals surface area contributed by atoms with Crippen molar-refractivity contribution in [3.63, 3.8) is 0 Å². The van der Waals surface area contributed by atoms with E-state index in [0.29, 0.717) is 0 Å². The highest BCUT2D eigenvalue weighted by Crippen LogP contribution is 2.40. The molecule has 1 saturated heterocycles. The van der Waals surface area contributed by atoms with Crippen LogP contribution in [0, 0.1) is 0 Å². The second-order valence-corrected chi connectivity index (χ2v) is 9.18. The van der Waals surface area contributed by atoms with Crippen molar-refractivity contribution in [2.75, 3.05) is 6.61 Å². The second-order valence-electron chi connectivity index (χ2n) is 9.18. The summed E-state index contributed by atoms with van der Waals surface area (Å²) in [5.74, 6) is -6.31. The largest absolute Gasteiger partial charge is 0.508 e. The third-order valence-electron chi connectivity index (χ3n) is 6.49. The monoisotopic (exact) mass is 570 g/mol. The van der Waals surface area contributed by atoms with E-state index in [9.17, 15) is 55.5 Å². The lowest BCUT2D eigenvalue weighted by Gasteiger charge is -2.19. The molecule has 0 spiro atoms. The Morgan fingerprint density at radius 3 is 2.15 bits per heavy atom. The smallest absolute Gasteiger partial charge is 0.236 e. The van der Waals surface area contributed by atoms with Gasteiger partial charge in [0.1, 0.15) is 29.6 Å². The van der Waals surface area contributed by atoms with Gasteiger partial charge in [0.2, 0.25) is 17.5 Å². The number of aliphatic hydroxyl groups excluding tert-OH is 3. The quantitative estimate of drug-likeness (QED) is 0.115. The topological polar surface area (TPSA) is 248 Å². The molecule has 4 atom stereocenters. The highest BCUT2D eigenvalue weighted by Gasteiger charge is 2.45. The number of carbonyl (C=O) groups is 1. The minimum atomic E-state index is -1.74. The first-order chi connectivity index (χ1) is 19.4. The van der Waals surface area contributed by atoms with Crippen molar-refractivity contribution in [1.29, 1.82) is 0 Å². The van der Waals surface area contributed by atoms with Crippen molar-refractivity contribution in [1.82, 2.24) is 0 Å². The Labute approximate surface area is 228 Å². The third kappa shape index (κ3) is 4.70. The van der Waals surface area contributed by atoms with Gasteiger partial charge in [-0.2, -0.15) is 0 Å². The van der Waals surface area contributed by atoms with E-state index in [1.807, 2.05) is 0 Å². The normalized spacial score (nSPS) is 20.4. The van der Waals surface area contributed by atoms with Crippen molar-refractivity contribution in [2.24, 2.45) is 0 Å². The van der Waals surface area contributed by atoms with Crippen LogP contribution in [-0.4, -0.2) is 83.0 Å². The minimum Gasteiger partial charge on any atom is -0.508 e. The van der Waals surface area contributed by atoms with Gasteiger partial charge in [0.05, 0.1) is 12.0 Å². The SMILES string of the molecule is O=C(c1cc(O)c(O)c(O)c1)c1cc(O)cc2oc(-c3ccc(O)c(O)c3)c(OC3OC(CO)C(O)C3O)c(=O)c12. The van der Waals surface area contributed by atoms with Crippen molar-refractivity contribution < 1.29 is 64.6 Å². The summed E-state index contributed by atoms with van der Waals surface area (Å²) in [5.41, 5.74) is -2.32. The van der Waals surface area contributed by atoms with Crippen LogP contribution >= 0.6 is 0 Å². The second kappa shape index (κ2) is 10.2. The van der Waals surface area contributed by atoms with Gasteiger partial charge in [-0.1, -0.05) is 0 Å². The molecule has 4 unspecified atom stereocenters. The Bertz CT molecular complexity index is 1720.